The molecule has 0 saturated carbocycles. The van der Waals surface area contributed by atoms with Crippen molar-refractivity contribution in [3.63, 3.8) is 0 Å². The van der Waals surface area contributed by atoms with E-state index in [4.69, 9.17) is 23.6 Å². The van der Waals surface area contributed by atoms with Crippen molar-refractivity contribution in [1.29, 1.82) is 0 Å². The molecule has 1 aromatic heterocycles. The number of furan rings is 1. The summed E-state index contributed by atoms with van der Waals surface area (Å²) in [6.45, 7) is 8.82. The Morgan fingerprint density at radius 2 is 2.13 bits per heavy atom. The van der Waals surface area contributed by atoms with Gasteiger partial charge in [0.15, 0.2) is 11.7 Å². The quantitative estimate of drug-likeness (QED) is 0.421. The van der Waals surface area contributed by atoms with Gasteiger partial charge >= 0.3 is 0 Å². The monoisotopic (exact) mass is 421 g/mol. The summed E-state index contributed by atoms with van der Waals surface area (Å²) in [6, 6.07) is 3.92. The van der Waals surface area contributed by atoms with Crippen molar-refractivity contribution < 1.29 is 18.6 Å². The number of aliphatic imine (C=N–C) groups is 1. The van der Waals surface area contributed by atoms with Crippen LogP contribution in [0.5, 0.6) is 0 Å². The number of nitrogens with zero attached hydrogens (tertiary/aromatic N) is 1. The van der Waals surface area contributed by atoms with Crippen LogP contribution in [-0.4, -0.2) is 57.3 Å². The van der Waals surface area contributed by atoms with Gasteiger partial charge in [-0.05, 0) is 24.5 Å². The van der Waals surface area contributed by atoms with E-state index in [9.17, 15) is 0 Å². The lowest BCUT2D eigenvalue weighted by atomic mass is 10.00. The van der Waals surface area contributed by atoms with Crippen LogP contribution in [0, 0.1) is 5.92 Å². The molecule has 2 aliphatic heterocycles. The first-order valence-electron chi connectivity index (χ1n) is 11.7. The molecule has 3 rings (SSSR count). The highest BCUT2D eigenvalue weighted by atomic mass is 16.7. The van der Waals surface area contributed by atoms with Crippen molar-refractivity contribution in [2.24, 2.45) is 10.9 Å². The fourth-order valence-electron chi connectivity index (χ4n) is 3.94. The van der Waals surface area contributed by atoms with E-state index < -0.39 is 5.79 Å². The molecule has 2 aliphatic rings. The molecule has 0 aromatic carbocycles. The maximum Gasteiger partial charge on any atom is 0.191 e. The topological polar surface area (TPSA) is 77.3 Å². The molecule has 1 aromatic rings. The molecule has 0 amide bonds. The van der Waals surface area contributed by atoms with Gasteiger partial charge in [-0.3, -0.25) is 4.99 Å². The third-order valence-electron chi connectivity index (χ3n) is 5.96. The zero-order valence-electron chi connectivity index (χ0n) is 18.7. The van der Waals surface area contributed by atoms with Gasteiger partial charge in [0.05, 0.1) is 26.1 Å². The van der Waals surface area contributed by atoms with Crippen LogP contribution in [0.1, 0.15) is 58.1 Å². The largest absolute Gasteiger partial charge is 0.469 e. The molecule has 2 atom stereocenters. The van der Waals surface area contributed by atoms with Gasteiger partial charge < -0.3 is 29.3 Å². The Bertz CT molecular complexity index is 614. The molecule has 2 fully saturated rings. The molecule has 2 saturated heterocycles. The highest BCUT2D eigenvalue weighted by Crippen LogP contribution is 2.32. The molecular weight excluding hydrogens is 382 g/mol. The SMILES string of the molecule is CCCCC(CC)CN=C(NCCc1ccco1)NCC1COC2(CCOCC2)O1. The molecular formula is C23H39N3O4. The molecule has 2 unspecified atom stereocenters. The van der Waals surface area contributed by atoms with Gasteiger partial charge in [-0.25, -0.2) is 0 Å². The fraction of sp³-hybridized carbons (Fsp3) is 0.783. The second-order valence-corrected chi connectivity index (χ2v) is 8.32. The van der Waals surface area contributed by atoms with Crippen LogP contribution in [0.4, 0.5) is 0 Å². The van der Waals surface area contributed by atoms with E-state index in [1.165, 1.54) is 19.3 Å². The van der Waals surface area contributed by atoms with Crippen LogP contribution in [0.2, 0.25) is 0 Å². The van der Waals surface area contributed by atoms with E-state index in [0.29, 0.717) is 32.3 Å². The van der Waals surface area contributed by atoms with Crippen molar-refractivity contribution in [3.8, 4) is 0 Å². The van der Waals surface area contributed by atoms with Crippen molar-refractivity contribution in [2.75, 3.05) is 39.5 Å². The van der Waals surface area contributed by atoms with Crippen LogP contribution < -0.4 is 10.6 Å². The first kappa shape index (κ1) is 23.1. The van der Waals surface area contributed by atoms with E-state index in [2.05, 4.69) is 24.5 Å². The molecule has 0 radical (unpaired) electrons. The summed E-state index contributed by atoms with van der Waals surface area (Å²) in [5.41, 5.74) is 0. The van der Waals surface area contributed by atoms with Gasteiger partial charge in [-0.1, -0.05) is 33.1 Å². The number of hydrogen-bond donors (Lipinski definition) is 2. The summed E-state index contributed by atoms with van der Waals surface area (Å²) in [7, 11) is 0. The molecule has 1 spiro atoms. The second kappa shape index (κ2) is 12.3. The van der Waals surface area contributed by atoms with Crippen molar-refractivity contribution in [1.82, 2.24) is 10.6 Å². The molecule has 0 aliphatic carbocycles. The standard InChI is InChI=1S/C23H39N3O4/c1-3-5-7-19(4-2)16-25-22(24-12-9-20-8-6-13-28-20)26-17-21-18-29-23(30-21)10-14-27-15-11-23/h6,8,13,19,21H,3-5,7,9-12,14-18H2,1-2H3,(H2,24,25,26). The summed E-state index contributed by atoms with van der Waals surface area (Å²) >= 11 is 0. The molecule has 0 bridgehead atoms. The smallest absolute Gasteiger partial charge is 0.191 e. The third-order valence-corrected chi connectivity index (χ3v) is 5.96. The number of hydrogen-bond acceptors (Lipinski definition) is 5. The summed E-state index contributed by atoms with van der Waals surface area (Å²) in [5.74, 6) is 2.01. The van der Waals surface area contributed by atoms with Crippen LogP contribution >= 0.6 is 0 Å². The Balaban J connectivity index is 1.49. The zero-order valence-corrected chi connectivity index (χ0v) is 18.7. The van der Waals surface area contributed by atoms with E-state index in [1.54, 1.807) is 6.26 Å². The molecule has 2 N–H and O–H groups in total. The van der Waals surface area contributed by atoms with Gasteiger partial charge in [0.2, 0.25) is 0 Å². The molecule has 170 valence electrons. The Morgan fingerprint density at radius 1 is 1.27 bits per heavy atom. The predicted octanol–water partition coefficient (Wildman–Crippen LogP) is 3.50. The van der Waals surface area contributed by atoms with Crippen LogP contribution in [0.3, 0.4) is 0 Å². The number of ether oxygens (including phenoxy) is 3. The Hall–Kier alpha value is -1.57. The maximum atomic E-state index is 6.24. The Labute approximate surface area is 180 Å². The highest BCUT2D eigenvalue weighted by Gasteiger charge is 2.42. The lowest BCUT2D eigenvalue weighted by Crippen LogP contribution is -2.44. The van der Waals surface area contributed by atoms with Gasteiger partial charge in [0, 0.05) is 38.9 Å². The predicted molar refractivity (Wildman–Crippen MR) is 118 cm³/mol. The summed E-state index contributed by atoms with van der Waals surface area (Å²) < 4.78 is 23.1. The van der Waals surface area contributed by atoms with E-state index in [0.717, 1.165) is 50.5 Å². The highest BCUT2D eigenvalue weighted by molar-refractivity contribution is 5.79. The lowest BCUT2D eigenvalue weighted by molar-refractivity contribution is -0.210. The average Bonchev–Trinajstić information content (AvgIpc) is 3.42. The van der Waals surface area contributed by atoms with Gasteiger partial charge in [0.25, 0.3) is 0 Å². The Kier molecular flexibility index (Phi) is 9.49. The number of unbranched alkanes of at least 4 members (excludes halogenated alkanes) is 1. The first-order valence-corrected chi connectivity index (χ1v) is 11.7. The maximum absolute atomic E-state index is 6.24. The minimum atomic E-state index is -0.442. The molecule has 30 heavy (non-hydrogen) atoms. The summed E-state index contributed by atoms with van der Waals surface area (Å²) in [5, 5.41) is 6.92. The molecule has 7 heteroatoms. The summed E-state index contributed by atoms with van der Waals surface area (Å²) in [6.07, 6.45) is 9.08. The molecule has 7 nitrogen and oxygen atoms in total. The number of rotatable bonds is 11. The van der Waals surface area contributed by atoms with Crippen molar-refractivity contribution in [2.45, 2.75) is 70.7 Å². The van der Waals surface area contributed by atoms with Crippen LogP contribution in [0.15, 0.2) is 27.8 Å². The third kappa shape index (κ3) is 7.29. The van der Waals surface area contributed by atoms with Gasteiger partial charge in [0.1, 0.15) is 11.9 Å². The summed E-state index contributed by atoms with van der Waals surface area (Å²) in [4.78, 5) is 4.88. The molecule has 3 heterocycles. The zero-order chi connectivity index (χ0) is 21.1. The van der Waals surface area contributed by atoms with Crippen LogP contribution in [-0.2, 0) is 20.6 Å². The minimum Gasteiger partial charge on any atom is -0.469 e. The minimum absolute atomic E-state index is 0.0298. The van der Waals surface area contributed by atoms with Gasteiger partial charge in [-0.2, -0.15) is 0 Å². The number of nitrogens with one attached hydrogen (secondary N) is 2. The second-order valence-electron chi connectivity index (χ2n) is 8.32. The van der Waals surface area contributed by atoms with Crippen LogP contribution in [0.25, 0.3) is 0 Å². The van der Waals surface area contributed by atoms with Crippen molar-refractivity contribution in [3.05, 3.63) is 24.2 Å². The first-order chi connectivity index (χ1) is 14.7. The van der Waals surface area contributed by atoms with E-state index in [1.807, 2.05) is 12.1 Å². The number of guanidine groups is 1. The normalized spacial score (nSPS) is 22.3. The Morgan fingerprint density at radius 3 is 2.87 bits per heavy atom. The van der Waals surface area contributed by atoms with Crippen molar-refractivity contribution >= 4 is 5.96 Å². The van der Waals surface area contributed by atoms with E-state index in [-0.39, 0.29) is 6.10 Å². The van der Waals surface area contributed by atoms with Gasteiger partial charge in [-0.15, -0.1) is 0 Å². The average molecular weight is 422 g/mol. The lowest BCUT2D eigenvalue weighted by Gasteiger charge is -2.31. The van der Waals surface area contributed by atoms with E-state index >= 15 is 0 Å². The fourth-order valence-corrected chi connectivity index (χ4v) is 3.94.